The molecule has 0 spiro atoms. The highest BCUT2D eigenvalue weighted by atomic mass is 127. The molecule has 0 aliphatic heterocycles. The first kappa shape index (κ1) is 19.0. The quantitative estimate of drug-likeness (QED) is 0.240. The fourth-order valence-corrected chi connectivity index (χ4v) is 3.26. The summed E-state index contributed by atoms with van der Waals surface area (Å²) in [4.78, 5) is 4.29. The van der Waals surface area contributed by atoms with Crippen molar-refractivity contribution in [3.05, 3.63) is 0 Å². The molecule has 21 heavy (non-hydrogen) atoms. The number of hydrogen-bond acceptors (Lipinski definition) is 2. The molecule has 2 saturated carbocycles. The molecule has 0 aromatic carbocycles. The summed E-state index contributed by atoms with van der Waals surface area (Å²) < 4.78 is 5.98. The second-order valence-corrected chi connectivity index (χ2v) is 6.11. The maximum atomic E-state index is 5.98. The van der Waals surface area contributed by atoms with Gasteiger partial charge in [-0.3, -0.25) is 4.99 Å². The number of halogens is 1. The highest BCUT2D eigenvalue weighted by Crippen LogP contribution is 2.19. The predicted octanol–water partition coefficient (Wildman–Crippen LogP) is 3.45. The summed E-state index contributed by atoms with van der Waals surface area (Å²) in [6.07, 6.45) is 13.7. The molecule has 0 aromatic rings. The van der Waals surface area contributed by atoms with Gasteiger partial charge in [-0.25, -0.2) is 0 Å². The van der Waals surface area contributed by atoms with Crippen LogP contribution in [0.25, 0.3) is 0 Å². The van der Waals surface area contributed by atoms with Crippen molar-refractivity contribution in [2.24, 2.45) is 4.99 Å². The van der Waals surface area contributed by atoms with E-state index >= 15 is 0 Å². The zero-order valence-corrected chi connectivity index (χ0v) is 15.7. The lowest BCUT2D eigenvalue weighted by atomic mass is 10.1. The molecule has 0 amide bonds. The van der Waals surface area contributed by atoms with Crippen LogP contribution in [-0.2, 0) is 4.74 Å². The minimum Gasteiger partial charge on any atom is -0.376 e. The molecule has 0 unspecified atom stereocenters. The maximum Gasteiger partial charge on any atom is 0.191 e. The van der Waals surface area contributed by atoms with E-state index in [4.69, 9.17) is 4.74 Å². The molecule has 2 rings (SSSR count). The summed E-state index contributed by atoms with van der Waals surface area (Å²) in [5.74, 6) is 0.932. The van der Waals surface area contributed by atoms with Crippen molar-refractivity contribution in [3.63, 3.8) is 0 Å². The van der Waals surface area contributed by atoms with E-state index in [1.165, 1.54) is 64.2 Å². The van der Waals surface area contributed by atoms with Crippen LogP contribution < -0.4 is 10.6 Å². The smallest absolute Gasteiger partial charge is 0.191 e. The largest absolute Gasteiger partial charge is 0.376 e. The Balaban J connectivity index is 0.00000220. The summed E-state index contributed by atoms with van der Waals surface area (Å²) in [5.41, 5.74) is 0. The standard InChI is InChI=1S/C16H31N3O.HI/c1-17-16(19-14-8-6-7-9-14)18-12-13-20-15-10-4-2-3-5-11-15;/h14-15H,2-13H2,1H3,(H2,17,18,19);1H. The minimum absolute atomic E-state index is 0. The van der Waals surface area contributed by atoms with Crippen LogP contribution in [0.1, 0.15) is 64.2 Å². The van der Waals surface area contributed by atoms with Gasteiger partial charge in [0.1, 0.15) is 0 Å². The SMILES string of the molecule is CN=C(NCCOC1CCCCCC1)NC1CCCC1.I. The molecular weight excluding hydrogens is 377 g/mol. The summed E-state index contributed by atoms with van der Waals surface area (Å²) in [7, 11) is 1.84. The number of ether oxygens (including phenoxy) is 1. The third-order valence-corrected chi connectivity index (χ3v) is 4.47. The van der Waals surface area contributed by atoms with E-state index in [0.717, 1.165) is 19.1 Å². The Bertz CT molecular complexity index is 285. The molecule has 4 nitrogen and oxygen atoms in total. The number of rotatable bonds is 5. The topological polar surface area (TPSA) is 45.7 Å². The number of nitrogens with zero attached hydrogens (tertiary/aromatic N) is 1. The van der Waals surface area contributed by atoms with Crippen LogP contribution in [0, 0.1) is 0 Å². The van der Waals surface area contributed by atoms with Gasteiger partial charge in [-0.2, -0.15) is 0 Å². The lowest BCUT2D eigenvalue weighted by Crippen LogP contribution is -2.43. The van der Waals surface area contributed by atoms with Gasteiger partial charge in [-0.15, -0.1) is 24.0 Å². The molecule has 0 atom stereocenters. The Morgan fingerprint density at radius 1 is 1.00 bits per heavy atom. The van der Waals surface area contributed by atoms with Crippen LogP contribution >= 0.6 is 24.0 Å². The van der Waals surface area contributed by atoms with Gasteiger partial charge >= 0.3 is 0 Å². The van der Waals surface area contributed by atoms with Crippen molar-refractivity contribution in [3.8, 4) is 0 Å². The van der Waals surface area contributed by atoms with E-state index in [2.05, 4.69) is 15.6 Å². The molecule has 124 valence electrons. The van der Waals surface area contributed by atoms with Crippen LogP contribution in [0.4, 0.5) is 0 Å². The van der Waals surface area contributed by atoms with Crippen LogP contribution in [0.3, 0.4) is 0 Å². The number of guanidine groups is 1. The zero-order chi connectivity index (χ0) is 14.0. The summed E-state index contributed by atoms with van der Waals surface area (Å²) in [5, 5.41) is 6.86. The highest BCUT2D eigenvalue weighted by Gasteiger charge is 2.16. The molecule has 2 N–H and O–H groups in total. The van der Waals surface area contributed by atoms with Gasteiger partial charge in [0.15, 0.2) is 5.96 Å². The molecule has 2 aliphatic rings. The Morgan fingerprint density at radius 2 is 1.62 bits per heavy atom. The molecular formula is C16H32IN3O. The van der Waals surface area contributed by atoms with Crippen molar-refractivity contribution in [2.45, 2.75) is 76.4 Å². The van der Waals surface area contributed by atoms with E-state index < -0.39 is 0 Å². The monoisotopic (exact) mass is 409 g/mol. The van der Waals surface area contributed by atoms with Crippen LogP contribution in [0.5, 0.6) is 0 Å². The van der Waals surface area contributed by atoms with E-state index in [-0.39, 0.29) is 24.0 Å². The van der Waals surface area contributed by atoms with Gasteiger partial charge in [-0.05, 0) is 25.7 Å². The minimum atomic E-state index is 0. The lowest BCUT2D eigenvalue weighted by molar-refractivity contribution is 0.0468. The molecule has 2 aliphatic carbocycles. The first-order valence-electron chi connectivity index (χ1n) is 8.47. The Kier molecular flexibility index (Phi) is 10.4. The fourth-order valence-electron chi connectivity index (χ4n) is 3.26. The average Bonchev–Trinajstić information content (AvgIpc) is 2.84. The summed E-state index contributed by atoms with van der Waals surface area (Å²) in [6, 6.07) is 0.615. The molecule has 0 radical (unpaired) electrons. The molecule has 0 aromatic heterocycles. The van der Waals surface area contributed by atoms with Gasteiger partial charge in [0.05, 0.1) is 12.7 Å². The summed E-state index contributed by atoms with van der Waals surface area (Å²) >= 11 is 0. The predicted molar refractivity (Wildman–Crippen MR) is 99.6 cm³/mol. The van der Waals surface area contributed by atoms with Gasteiger partial charge < -0.3 is 15.4 Å². The van der Waals surface area contributed by atoms with Crippen LogP contribution in [-0.4, -0.2) is 38.3 Å². The van der Waals surface area contributed by atoms with Crippen LogP contribution in [0.15, 0.2) is 4.99 Å². The second kappa shape index (κ2) is 11.5. The van der Waals surface area contributed by atoms with Crippen LogP contribution in [0.2, 0.25) is 0 Å². The second-order valence-electron chi connectivity index (χ2n) is 6.11. The van der Waals surface area contributed by atoms with Crippen molar-refractivity contribution in [1.82, 2.24) is 10.6 Å². The molecule has 0 saturated heterocycles. The highest BCUT2D eigenvalue weighted by molar-refractivity contribution is 14.0. The first-order valence-corrected chi connectivity index (χ1v) is 8.47. The maximum absolute atomic E-state index is 5.98. The van der Waals surface area contributed by atoms with Crippen molar-refractivity contribution in [1.29, 1.82) is 0 Å². The third kappa shape index (κ3) is 7.68. The van der Waals surface area contributed by atoms with Crippen molar-refractivity contribution < 1.29 is 4.74 Å². The van der Waals surface area contributed by atoms with Crippen molar-refractivity contribution >= 4 is 29.9 Å². The number of hydrogen-bond donors (Lipinski definition) is 2. The van der Waals surface area contributed by atoms with Gasteiger partial charge in [0.25, 0.3) is 0 Å². The summed E-state index contributed by atoms with van der Waals surface area (Å²) in [6.45, 7) is 1.64. The van der Waals surface area contributed by atoms with E-state index in [1.807, 2.05) is 7.05 Å². The molecule has 0 bridgehead atoms. The molecule has 2 fully saturated rings. The third-order valence-electron chi connectivity index (χ3n) is 4.47. The van der Waals surface area contributed by atoms with Gasteiger partial charge in [-0.1, -0.05) is 38.5 Å². The Labute approximate surface area is 146 Å². The van der Waals surface area contributed by atoms with E-state index in [9.17, 15) is 0 Å². The van der Waals surface area contributed by atoms with E-state index in [1.54, 1.807) is 0 Å². The molecule has 0 heterocycles. The number of nitrogens with one attached hydrogen (secondary N) is 2. The number of aliphatic imine (C=N–C) groups is 1. The fraction of sp³-hybridized carbons (Fsp3) is 0.938. The zero-order valence-electron chi connectivity index (χ0n) is 13.4. The molecule has 5 heteroatoms. The van der Waals surface area contributed by atoms with Gasteiger partial charge in [0, 0.05) is 19.6 Å². The van der Waals surface area contributed by atoms with Gasteiger partial charge in [0.2, 0.25) is 0 Å². The average molecular weight is 409 g/mol. The Morgan fingerprint density at radius 3 is 2.24 bits per heavy atom. The Hall–Kier alpha value is -0.0400. The van der Waals surface area contributed by atoms with E-state index in [0.29, 0.717) is 12.1 Å². The van der Waals surface area contributed by atoms with Crippen molar-refractivity contribution in [2.75, 3.05) is 20.2 Å². The first-order chi connectivity index (χ1) is 9.88. The lowest BCUT2D eigenvalue weighted by Gasteiger charge is -2.18. The normalized spacial score (nSPS) is 21.7.